The lowest BCUT2D eigenvalue weighted by molar-refractivity contribution is -0.142. The van der Waals surface area contributed by atoms with Gasteiger partial charge in [-0.15, -0.1) is 0 Å². The minimum atomic E-state index is -4.50. The van der Waals surface area contributed by atoms with Crippen molar-refractivity contribution in [3.05, 3.63) is 41.2 Å². The second kappa shape index (κ2) is 7.53. The topological polar surface area (TPSA) is 97.8 Å². The third-order valence-electron chi connectivity index (χ3n) is 6.65. The average Bonchev–Trinajstić information content (AvgIpc) is 3.14. The van der Waals surface area contributed by atoms with Gasteiger partial charge in [0.15, 0.2) is 5.69 Å². The molecule has 3 aliphatic rings. The molecule has 10 heteroatoms. The minimum absolute atomic E-state index is 0.133. The molecule has 2 heterocycles. The summed E-state index contributed by atoms with van der Waals surface area (Å²) in [7, 11) is 0. The van der Waals surface area contributed by atoms with Crippen LogP contribution in [0, 0.1) is 0 Å². The molecule has 1 aliphatic heterocycles. The van der Waals surface area contributed by atoms with Crippen LogP contribution in [0.15, 0.2) is 34.3 Å². The number of nitrogens with two attached hydrogens (primary N) is 2. The number of alkyl halides is 3. The maximum Gasteiger partial charge on any atom is 0.435 e. The van der Waals surface area contributed by atoms with E-state index >= 15 is 0 Å². The summed E-state index contributed by atoms with van der Waals surface area (Å²) >= 11 is 0. The minimum Gasteiger partial charge on any atom is -0.369 e. The summed E-state index contributed by atoms with van der Waals surface area (Å²) in [5.74, 6) is 0.331. The van der Waals surface area contributed by atoms with Crippen molar-refractivity contribution in [2.75, 3.05) is 4.90 Å². The fourth-order valence-corrected chi connectivity index (χ4v) is 5.33. The summed E-state index contributed by atoms with van der Waals surface area (Å²) in [6.45, 7) is 0. The average molecular weight is 445 g/mol. The van der Waals surface area contributed by atoms with Gasteiger partial charge in [-0.05, 0) is 63.5 Å². The largest absolute Gasteiger partial charge is 0.435 e. The van der Waals surface area contributed by atoms with Crippen LogP contribution in [0.25, 0.3) is 5.69 Å². The van der Waals surface area contributed by atoms with E-state index in [1.807, 2.05) is 17.0 Å². The van der Waals surface area contributed by atoms with Gasteiger partial charge in [-0.3, -0.25) is 4.90 Å². The second-order valence-corrected chi connectivity index (χ2v) is 8.70. The van der Waals surface area contributed by atoms with Crippen LogP contribution < -0.4 is 16.4 Å². The molecule has 4 N–H and O–H groups in total. The summed E-state index contributed by atoms with van der Waals surface area (Å²) in [5, 5.41) is 4.09. The molecule has 0 saturated heterocycles. The molecule has 7 nitrogen and oxygen atoms in total. The summed E-state index contributed by atoms with van der Waals surface area (Å²) in [5.41, 5.74) is 13.0. The summed E-state index contributed by atoms with van der Waals surface area (Å²) in [6.07, 6.45) is 2.46. The lowest BCUT2D eigenvalue weighted by Gasteiger charge is -2.46. The Morgan fingerprint density at radius 1 is 0.906 bits per heavy atom. The highest BCUT2D eigenvalue weighted by molar-refractivity contribution is 6.06. The van der Waals surface area contributed by atoms with Crippen LogP contribution in [0.3, 0.4) is 0 Å². The Kier molecular flexibility index (Phi) is 4.90. The van der Waals surface area contributed by atoms with Crippen molar-refractivity contribution in [2.45, 2.75) is 69.6 Å². The molecule has 2 aliphatic carbocycles. The van der Waals surface area contributed by atoms with E-state index in [2.05, 4.69) is 10.1 Å². The fourth-order valence-electron chi connectivity index (χ4n) is 5.33. The monoisotopic (exact) mass is 445 g/mol. The van der Waals surface area contributed by atoms with E-state index in [0.29, 0.717) is 35.5 Å². The highest BCUT2D eigenvalue weighted by atomic mass is 19.4. The highest BCUT2D eigenvalue weighted by Gasteiger charge is 2.44. The Balaban J connectivity index is 1.69. The highest BCUT2D eigenvalue weighted by Crippen LogP contribution is 2.43. The zero-order valence-corrected chi connectivity index (χ0v) is 17.7. The van der Waals surface area contributed by atoms with E-state index in [4.69, 9.17) is 16.5 Å². The van der Waals surface area contributed by atoms with Crippen LogP contribution in [0.5, 0.6) is 0 Å². The van der Waals surface area contributed by atoms with E-state index in [-0.39, 0.29) is 11.9 Å². The Labute approximate surface area is 184 Å². The van der Waals surface area contributed by atoms with Gasteiger partial charge in [-0.25, -0.2) is 9.67 Å². The second-order valence-electron chi connectivity index (χ2n) is 8.70. The van der Waals surface area contributed by atoms with Crippen LogP contribution in [0.1, 0.15) is 61.9 Å². The van der Waals surface area contributed by atoms with E-state index in [0.717, 1.165) is 44.9 Å². The number of nitrogens with zero attached hydrogens (tertiary/aromatic N) is 5. The number of rotatable bonds is 2. The number of benzene rings is 1. The molecule has 1 saturated carbocycles. The maximum absolute atomic E-state index is 13.8. The SMILES string of the molecule is NC1=NC2(CCCCC2)N(c2ccccc2-n2nc(C(F)(F)F)c3c2CCCC3)C(N)=N1. The van der Waals surface area contributed by atoms with E-state index in [1.54, 1.807) is 12.1 Å². The molecule has 0 amide bonds. The van der Waals surface area contributed by atoms with Crippen molar-refractivity contribution in [1.29, 1.82) is 0 Å². The van der Waals surface area contributed by atoms with Crippen LogP contribution in [0.4, 0.5) is 18.9 Å². The van der Waals surface area contributed by atoms with Gasteiger partial charge >= 0.3 is 6.18 Å². The molecule has 0 atom stereocenters. The molecular weight excluding hydrogens is 419 g/mol. The fraction of sp³-hybridized carbons (Fsp3) is 0.500. The van der Waals surface area contributed by atoms with Gasteiger partial charge in [0.05, 0.1) is 11.4 Å². The van der Waals surface area contributed by atoms with Crippen molar-refractivity contribution in [2.24, 2.45) is 21.5 Å². The predicted molar refractivity (Wildman–Crippen MR) is 117 cm³/mol. The summed E-state index contributed by atoms with van der Waals surface area (Å²) in [6, 6.07) is 7.26. The molecule has 0 bridgehead atoms. The summed E-state index contributed by atoms with van der Waals surface area (Å²) in [4.78, 5) is 10.7. The number of aliphatic imine (C=N–C) groups is 2. The first-order valence-electron chi connectivity index (χ1n) is 11.1. The standard InChI is InChI=1S/C22H26F3N7/c23-22(24,25)18-14-8-2-3-9-15(14)32(30-18)17-11-5-4-10-16(17)31-20(27)28-19(26)29-21(31)12-6-1-7-13-21/h4-5,10-11H,1-3,6-9,12-13H2,(H4,26,27,28,29). The Hall–Kier alpha value is -3.04. The zero-order valence-electron chi connectivity index (χ0n) is 17.7. The number of anilines is 1. The molecular formula is C22H26F3N7. The lowest BCUT2D eigenvalue weighted by Crippen LogP contribution is -2.58. The van der Waals surface area contributed by atoms with Gasteiger partial charge < -0.3 is 11.5 Å². The number of guanidine groups is 2. The molecule has 1 aromatic heterocycles. The van der Waals surface area contributed by atoms with Crippen molar-refractivity contribution in [1.82, 2.24) is 9.78 Å². The van der Waals surface area contributed by atoms with E-state index in [9.17, 15) is 13.2 Å². The normalized spacial score (nSPS) is 20.7. The van der Waals surface area contributed by atoms with Gasteiger partial charge in [0, 0.05) is 11.3 Å². The van der Waals surface area contributed by atoms with Gasteiger partial charge in [0.2, 0.25) is 11.9 Å². The smallest absolute Gasteiger partial charge is 0.369 e. The Morgan fingerprint density at radius 3 is 2.31 bits per heavy atom. The number of fused-ring (bicyclic) bond motifs is 1. The molecule has 1 aromatic carbocycles. The molecule has 170 valence electrons. The third-order valence-corrected chi connectivity index (χ3v) is 6.65. The van der Waals surface area contributed by atoms with Gasteiger partial charge in [-0.1, -0.05) is 18.6 Å². The molecule has 0 radical (unpaired) electrons. The van der Waals surface area contributed by atoms with Crippen molar-refractivity contribution < 1.29 is 13.2 Å². The number of halogens is 3. The molecule has 0 unspecified atom stereocenters. The van der Waals surface area contributed by atoms with Gasteiger partial charge in [-0.2, -0.15) is 23.3 Å². The molecule has 1 spiro atoms. The number of aromatic nitrogens is 2. The first kappa shape index (κ1) is 20.8. The van der Waals surface area contributed by atoms with Crippen molar-refractivity contribution in [3.63, 3.8) is 0 Å². The van der Waals surface area contributed by atoms with Crippen LogP contribution in [-0.2, 0) is 19.0 Å². The molecule has 2 aromatic rings. The first-order valence-corrected chi connectivity index (χ1v) is 11.1. The van der Waals surface area contributed by atoms with Crippen LogP contribution in [0.2, 0.25) is 0 Å². The number of para-hydroxylation sites is 2. The van der Waals surface area contributed by atoms with Crippen molar-refractivity contribution >= 4 is 17.6 Å². The quantitative estimate of drug-likeness (QED) is 0.733. The lowest BCUT2D eigenvalue weighted by atomic mass is 9.87. The van der Waals surface area contributed by atoms with E-state index < -0.39 is 17.5 Å². The molecule has 1 fully saturated rings. The molecule has 5 rings (SSSR count). The Bertz CT molecular complexity index is 1090. The van der Waals surface area contributed by atoms with E-state index in [1.165, 1.54) is 4.68 Å². The zero-order chi connectivity index (χ0) is 22.5. The number of hydrogen-bond acceptors (Lipinski definition) is 6. The van der Waals surface area contributed by atoms with Crippen molar-refractivity contribution in [3.8, 4) is 5.69 Å². The number of hydrogen-bond donors (Lipinski definition) is 2. The molecule has 32 heavy (non-hydrogen) atoms. The van der Waals surface area contributed by atoms with Gasteiger partial charge in [0.25, 0.3) is 0 Å². The maximum atomic E-state index is 13.8. The van der Waals surface area contributed by atoms with Gasteiger partial charge in [0.1, 0.15) is 5.66 Å². The Morgan fingerprint density at radius 2 is 1.59 bits per heavy atom. The summed E-state index contributed by atoms with van der Waals surface area (Å²) < 4.78 is 42.8. The van der Waals surface area contributed by atoms with Crippen LogP contribution >= 0.6 is 0 Å². The first-order chi connectivity index (χ1) is 15.3. The predicted octanol–water partition coefficient (Wildman–Crippen LogP) is 3.88. The van der Waals surface area contributed by atoms with Crippen LogP contribution in [-0.4, -0.2) is 27.4 Å². The third kappa shape index (κ3) is 3.32.